The fourth-order valence-corrected chi connectivity index (χ4v) is 5.41. The molecule has 0 amide bonds. The molecule has 2 aromatic rings. The minimum absolute atomic E-state index is 0.127. The predicted molar refractivity (Wildman–Crippen MR) is 102 cm³/mol. The third kappa shape index (κ3) is 4.16. The molecule has 0 aliphatic carbocycles. The van der Waals surface area contributed by atoms with Crippen molar-refractivity contribution in [3.63, 3.8) is 0 Å². The van der Waals surface area contributed by atoms with Crippen LogP contribution in [-0.2, 0) is 10.2 Å². The van der Waals surface area contributed by atoms with Crippen molar-refractivity contribution in [3.05, 3.63) is 42.2 Å². The van der Waals surface area contributed by atoms with Crippen LogP contribution < -0.4 is 4.74 Å². The predicted octanol–water partition coefficient (Wildman–Crippen LogP) is 2.32. The molecule has 2 aliphatic rings. The van der Waals surface area contributed by atoms with Gasteiger partial charge in [-0.1, -0.05) is 12.1 Å². The van der Waals surface area contributed by atoms with Gasteiger partial charge in [-0.25, -0.2) is 4.39 Å². The van der Waals surface area contributed by atoms with E-state index < -0.39 is 10.2 Å². The molecular formula is C19H23FN4O3S. The maximum absolute atomic E-state index is 13.3. The number of halogens is 1. The lowest BCUT2D eigenvalue weighted by Gasteiger charge is -2.23. The van der Waals surface area contributed by atoms with E-state index in [1.165, 1.54) is 12.1 Å². The summed E-state index contributed by atoms with van der Waals surface area (Å²) < 4.78 is 47.4. The van der Waals surface area contributed by atoms with Crippen molar-refractivity contribution in [2.24, 2.45) is 5.92 Å². The Hall–Kier alpha value is -2.10. The second-order valence-electron chi connectivity index (χ2n) is 7.20. The second-order valence-corrected chi connectivity index (χ2v) is 9.13. The Labute approximate surface area is 164 Å². The number of rotatable bonds is 6. The molecule has 7 nitrogen and oxygen atoms in total. The van der Waals surface area contributed by atoms with Gasteiger partial charge in [-0.3, -0.25) is 0 Å². The van der Waals surface area contributed by atoms with E-state index in [1.54, 1.807) is 32.9 Å². The molecular weight excluding hydrogens is 383 g/mol. The van der Waals surface area contributed by atoms with Gasteiger partial charge in [0.1, 0.15) is 5.82 Å². The molecule has 4 rings (SSSR count). The Morgan fingerprint density at radius 3 is 2.61 bits per heavy atom. The lowest BCUT2D eigenvalue weighted by Crippen LogP contribution is -2.41. The first-order chi connectivity index (χ1) is 13.5. The molecule has 0 saturated carbocycles. The monoisotopic (exact) mass is 406 g/mol. The van der Waals surface area contributed by atoms with Crippen LogP contribution in [0.2, 0.25) is 0 Å². The Bertz CT molecular complexity index is 917. The quantitative estimate of drug-likeness (QED) is 0.736. The molecule has 2 fully saturated rings. The number of hydrogen-bond donors (Lipinski definition) is 0. The fourth-order valence-electron chi connectivity index (χ4n) is 3.63. The average molecular weight is 406 g/mol. The van der Waals surface area contributed by atoms with Crippen LogP contribution in [0.25, 0.3) is 11.3 Å². The van der Waals surface area contributed by atoms with E-state index >= 15 is 0 Å². The summed E-state index contributed by atoms with van der Waals surface area (Å²) in [4.78, 5) is 0. The molecule has 2 saturated heterocycles. The van der Waals surface area contributed by atoms with Crippen molar-refractivity contribution in [2.45, 2.75) is 19.3 Å². The molecule has 2 aliphatic heterocycles. The van der Waals surface area contributed by atoms with Gasteiger partial charge in [-0.05, 0) is 37.5 Å². The second kappa shape index (κ2) is 8.10. The Morgan fingerprint density at radius 1 is 1.07 bits per heavy atom. The smallest absolute Gasteiger partial charge is 0.281 e. The minimum atomic E-state index is -3.34. The number of aromatic nitrogens is 2. The van der Waals surface area contributed by atoms with Crippen molar-refractivity contribution >= 4 is 10.2 Å². The Balaban J connectivity index is 1.31. The molecule has 28 heavy (non-hydrogen) atoms. The van der Waals surface area contributed by atoms with Crippen molar-refractivity contribution in [1.29, 1.82) is 0 Å². The highest BCUT2D eigenvalue weighted by Crippen LogP contribution is 2.25. The van der Waals surface area contributed by atoms with E-state index in [9.17, 15) is 12.8 Å². The lowest BCUT2D eigenvalue weighted by molar-refractivity contribution is 0.243. The van der Waals surface area contributed by atoms with E-state index in [4.69, 9.17) is 4.74 Å². The number of ether oxygens (including phenoxy) is 1. The van der Waals surface area contributed by atoms with Gasteiger partial charge in [0.2, 0.25) is 5.88 Å². The van der Waals surface area contributed by atoms with E-state index in [0.717, 1.165) is 19.3 Å². The first kappa shape index (κ1) is 19.2. The maximum Gasteiger partial charge on any atom is 0.281 e. The molecule has 0 spiro atoms. The van der Waals surface area contributed by atoms with Crippen molar-refractivity contribution in [3.8, 4) is 17.1 Å². The first-order valence-corrected chi connectivity index (χ1v) is 10.9. The topological polar surface area (TPSA) is 75.6 Å². The number of benzene rings is 1. The first-order valence-electron chi connectivity index (χ1n) is 9.50. The lowest BCUT2D eigenvalue weighted by atomic mass is 10.1. The highest BCUT2D eigenvalue weighted by Gasteiger charge is 2.36. The highest BCUT2D eigenvalue weighted by molar-refractivity contribution is 7.86. The maximum atomic E-state index is 13.3. The Morgan fingerprint density at radius 2 is 1.89 bits per heavy atom. The van der Waals surface area contributed by atoms with Crippen LogP contribution in [0, 0.1) is 11.7 Å². The van der Waals surface area contributed by atoms with Gasteiger partial charge >= 0.3 is 0 Å². The summed E-state index contributed by atoms with van der Waals surface area (Å²) >= 11 is 0. The molecule has 1 unspecified atom stereocenters. The van der Waals surface area contributed by atoms with Gasteiger partial charge in [-0.15, -0.1) is 10.2 Å². The summed E-state index contributed by atoms with van der Waals surface area (Å²) in [7, 11) is -3.34. The third-order valence-corrected chi connectivity index (χ3v) is 7.20. The Kier molecular flexibility index (Phi) is 5.56. The zero-order valence-corrected chi connectivity index (χ0v) is 16.3. The van der Waals surface area contributed by atoms with Crippen molar-refractivity contribution in [1.82, 2.24) is 18.8 Å². The van der Waals surface area contributed by atoms with Gasteiger partial charge in [0.15, 0.2) is 0 Å². The molecule has 1 aromatic heterocycles. The van der Waals surface area contributed by atoms with Crippen LogP contribution in [0.4, 0.5) is 4.39 Å². The summed E-state index contributed by atoms with van der Waals surface area (Å²) in [5, 5.41) is 8.13. The summed E-state index contributed by atoms with van der Waals surface area (Å²) in [6, 6.07) is 9.60. The molecule has 3 heterocycles. The van der Waals surface area contributed by atoms with Crippen LogP contribution in [0.5, 0.6) is 5.88 Å². The summed E-state index contributed by atoms with van der Waals surface area (Å²) in [5.74, 6) is 0.178. The number of hydrogen-bond acceptors (Lipinski definition) is 5. The van der Waals surface area contributed by atoms with E-state index in [-0.39, 0.29) is 11.7 Å². The molecule has 150 valence electrons. The molecule has 1 aromatic carbocycles. The largest absolute Gasteiger partial charge is 0.476 e. The van der Waals surface area contributed by atoms with Gasteiger partial charge in [0.05, 0.1) is 12.3 Å². The molecule has 9 heteroatoms. The standard InChI is InChI=1S/C19H23FN4O3S/c20-17-5-3-4-16(12-17)18-6-7-19(22-21-18)27-14-15-8-11-24(13-15)28(25,26)23-9-1-2-10-23/h3-7,12,15H,1-2,8-11,13-14H2. The van der Waals surface area contributed by atoms with Crippen molar-refractivity contribution < 1.29 is 17.5 Å². The SMILES string of the molecule is O=S(=O)(N1CCCC1)N1CCC(COc2ccc(-c3cccc(F)c3)nn2)C1. The zero-order chi connectivity index (χ0) is 19.6. The third-order valence-electron chi connectivity index (χ3n) is 5.19. The molecule has 0 bridgehead atoms. The van der Waals surface area contributed by atoms with Crippen LogP contribution in [-0.4, -0.2) is 60.0 Å². The highest BCUT2D eigenvalue weighted by atomic mass is 32.2. The van der Waals surface area contributed by atoms with Crippen LogP contribution in [0.15, 0.2) is 36.4 Å². The summed E-state index contributed by atoms with van der Waals surface area (Å²) in [6.45, 7) is 2.62. The molecule has 1 atom stereocenters. The van der Waals surface area contributed by atoms with E-state index in [2.05, 4.69) is 10.2 Å². The van der Waals surface area contributed by atoms with Gasteiger partial charge in [0, 0.05) is 43.7 Å². The van der Waals surface area contributed by atoms with Crippen LogP contribution >= 0.6 is 0 Å². The van der Waals surface area contributed by atoms with E-state index in [1.807, 2.05) is 0 Å². The summed E-state index contributed by atoms with van der Waals surface area (Å²) in [5.41, 5.74) is 1.22. The van der Waals surface area contributed by atoms with Gasteiger partial charge < -0.3 is 4.74 Å². The van der Waals surface area contributed by atoms with Crippen LogP contribution in [0.3, 0.4) is 0 Å². The molecule has 0 radical (unpaired) electrons. The van der Waals surface area contributed by atoms with Crippen LogP contribution in [0.1, 0.15) is 19.3 Å². The minimum Gasteiger partial charge on any atom is -0.476 e. The zero-order valence-electron chi connectivity index (χ0n) is 15.5. The number of nitrogens with zero attached hydrogens (tertiary/aromatic N) is 4. The van der Waals surface area contributed by atoms with Gasteiger partial charge in [-0.2, -0.15) is 17.0 Å². The molecule has 0 N–H and O–H groups in total. The van der Waals surface area contributed by atoms with Crippen molar-refractivity contribution in [2.75, 3.05) is 32.8 Å². The fraction of sp³-hybridized carbons (Fsp3) is 0.474. The van der Waals surface area contributed by atoms with E-state index in [0.29, 0.717) is 49.9 Å². The normalized spacial score (nSPS) is 21.2. The average Bonchev–Trinajstić information content (AvgIpc) is 3.39. The summed E-state index contributed by atoms with van der Waals surface area (Å²) in [6.07, 6.45) is 2.63. The van der Waals surface area contributed by atoms with Gasteiger partial charge in [0.25, 0.3) is 10.2 Å².